The summed E-state index contributed by atoms with van der Waals surface area (Å²) < 4.78 is 1.99. The Hall–Kier alpha value is -2.54. The predicted molar refractivity (Wildman–Crippen MR) is 80.1 cm³/mol. The highest BCUT2D eigenvalue weighted by Gasteiger charge is 2.34. The lowest BCUT2D eigenvalue weighted by atomic mass is 10.1. The summed E-state index contributed by atoms with van der Waals surface area (Å²) >= 11 is 0. The van der Waals surface area contributed by atoms with Gasteiger partial charge in [-0.25, -0.2) is 4.98 Å². The van der Waals surface area contributed by atoms with Gasteiger partial charge in [0.15, 0.2) is 0 Å². The number of amides is 1. The molecule has 1 saturated heterocycles. The number of rotatable bonds is 4. The van der Waals surface area contributed by atoms with E-state index in [1.807, 2.05) is 33.9 Å². The summed E-state index contributed by atoms with van der Waals surface area (Å²) in [6.45, 7) is 1.32. The van der Waals surface area contributed by atoms with Crippen LogP contribution < -0.4 is 0 Å². The molecule has 4 nitrogen and oxygen atoms in total. The molecule has 3 rings (SSSR count). The third kappa shape index (κ3) is 2.82. The van der Waals surface area contributed by atoms with Gasteiger partial charge in [0.05, 0.1) is 12.4 Å². The van der Waals surface area contributed by atoms with Crippen molar-refractivity contribution in [2.24, 2.45) is 5.92 Å². The van der Waals surface area contributed by atoms with Crippen molar-refractivity contribution >= 4 is 5.91 Å². The van der Waals surface area contributed by atoms with Gasteiger partial charge in [-0.05, 0) is 5.56 Å². The molecule has 2 atom stereocenters. The number of nitrogens with zero attached hydrogens (tertiary/aromatic N) is 3. The van der Waals surface area contributed by atoms with Crippen LogP contribution in [-0.4, -0.2) is 26.9 Å². The van der Waals surface area contributed by atoms with E-state index in [0.717, 1.165) is 5.56 Å². The largest absolute Gasteiger partial charge is 0.335 e. The molecule has 0 saturated carbocycles. The number of benzene rings is 1. The molecule has 106 valence electrons. The maximum Gasteiger partial charge on any atom is 0.224 e. The van der Waals surface area contributed by atoms with Gasteiger partial charge in [-0.2, -0.15) is 0 Å². The Labute approximate surface area is 124 Å². The van der Waals surface area contributed by atoms with Gasteiger partial charge in [-0.3, -0.25) is 4.79 Å². The zero-order valence-corrected chi connectivity index (χ0v) is 11.7. The van der Waals surface area contributed by atoms with Crippen LogP contribution in [-0.2, 0) is 11.3 Å². The second kappa shape index (κ2) is 5.84. The summed E-state index contributed by atoms with van der Waals surface area (Å²) in [6.07, 6.45) is 11.4. The fraction of sp³-hybridized carbons (Fsp3) is 0.294. The van der Waals surface area contributed by atoms with Crippen LogP contribution >= 0.6 is 0 Å². The quantitative estimate of drug-likeness (QED) is 0.804. The highest BCUT2D eigenvalue weighted by Crippen LogP contribution is 2.29. The number of imidazole rings is 1. The lowest BCUT2D eigenvalue weighted by molar-refractivity contribution is -0.130. The van der Waals surface area contributed by atoms with Crippen molar-refractivity contribution in [2.45, 2.75) is 19.0 Å². The molecule has 21 heavy (non-hydrogen) atoms. The van der Waals surface area contributed by atoms with Crippen LogP contribution in [0.25, 0.3) is 0 Å². The molecule has 0 bridgehead atoms. The van der Waals surface area contributed by atoms with E-state index in [4.69, 9.17) is 6.42 Å². The van der Waals surface area contributed by atoms with Gasteiger partial charge in [0.1, 0.15) is 0 Å². The summed E-state index contributed by atoms with van der Waals surface area (Å²) in [4.78, 5) is 18.3. The molecule has 0 radical (unpaired) electrons. The minimum absolute atomic E-state index is 0.00810. The highest BCUT2D eigenvalue weighted by molar-refractivity contribution is 5.79. The molecule has 1 fully saturated rings. The molecule has 1 aliphatic rings. The number of hydrogen-bond acceptors (Lipinski definition) is 2. The van der Waals surface area contributed by atoms with Crippen LogP contribution in [0.2, 0.25) is 0 Å². The first-order chi connectivity index (χ1) is 10.3. The summed E-state index contributed by atoms with van der Waals surface area (Å²) in [5, 5.41) is 0. The van der Waals surface area contributed by atoms with Crippen molar-refractivity contribution in [1.29, 1.82) is 0 Å². The third-order valence-electron chi connectivity index (χ3n) is 3.90. The van der Waals surface area contributed by atoms with E-state index >= 15 is 0 Å². The SMILES string of the molecule is C#CC1CC(=O)N(C(Cn2ccnc2)c2ccccc2)C1. The van der Waals surface area contributed by atoms with Gasteiger partial charge in [-0.15, -0.1) is 12.3 Å². The van der Waals surface area contributed by atoms with Gasteiger partial charge in [0.2, 0.25) is 5.91 Å². The van der Waals surface area contributed by atoms with Crippen molar-refractivity contribution in [1.82, 2.24) is 14.5 Å². The molecule has 2 aromatic rings. The Morgan fingerprint density at radius 2 is 2.19 bits per heavy atom. The molecule has 1 aromatic heterocycles. The Morgan fingerprint density at radius 1 is 1.38 bits per heavy atom. The number of terminal acetylenes is 1. The lowest BCUT2D eigenvalue weighted by Crippen LogP contribution is -2.33. The van der Waals surface area contributed by atoms with E-state index in [1.165, 1.54) is 0 Å². The van der Waals surface area contributed by atoms with E-state index in [2.05, 4.69) is 23.0 Å². The van der Waals surface area contributed by atoms with Crippen molar-refractivity contribution in [3.63, 3.8) is 0 Å². The zero-order chi connectivity index (χ0) is 14.7. The monoisotopic (exact) mass is 279 g/mol. The first kappa shape index (κ1) is 13.4. The van der Waals surface area contributed by atoms with E-state index in [0.29, 0.717) is 19.5 Å². The molecular weight excluding hydrogens is 262 g/mol. The molecule has 2 unspecified atom stereocenters. The molecule has 1 aromatic carbocycles. The maximum atomic E-state index is 12.3. The minimum atomic E-state index is -0.00810. The average Bonchev–Trinajstić information content (AvgIpc) is 3.15. The Bertz CT molecular complexity index is 642. The molecule has 1 aliphatic heterocycles. The van der Waals surface area contributed by atoms with E-state index < -0.39 is 0 Å². The van der Waals surface area contributed by atoms with Crippen LogP contribution in [0.5, 0.6) is 0 Å². The van der Waals surface area contributed by atoms with Gasteiger partial charge in [0, 0.05) is 37.8 Å². The summed E-state index contributed by atoms with van der Waals surface area (Å²) in [5.41, 5.74) is 1.12. The summed E-state index contributed by atoms with van der Waals surface area (Å²) in [6, 6.07) is 10.1. The van der Waals surface area contributed by atoms with Gasteiger partial charge >= 0.3 is 0 Å². The Morgan fingerprint density at radius 3 is 2.81 bits per heavy atom. The van der Waals surface area contributed by atoms with Crippen molar-refractivity contribution in [2.75, 3.05) is 6.54 Å². The Kier molecular flexibility index (Phi) is 3.74. The topological polar surface area (TPSA) is 38.1 Å². The Balaban J connectivity index is 1.89. The third-order valence-corrected chi connectivity index (χ3v) is 3.90. The number of likely N-dealkylation sites (tertiary alicyclic amines) is 1. The molecule has 0 aliphatic carbocycles. The minimum Gasteiger partial charge on any atom is -0.335 e. The van der Waals surface area contributed by atoms with Crippen molar-refractivity contribution < 1.29 is 4.79 Å². The lowest BCUT2D eigenvalue weighted by Gasteiger charge is -2.28. The van der Waals surface area contributed by atoms with Crippen LogP contribution in [0.4, 0.5) is 0 Å². The van der Waals surface area contributed by atoms with E-state index in [9.17, 15) is 4.79 Å². The molecule has 0 N–H and O–H groups in total. The fourth-order valence-electron chi connectivity index (χ4n) is 2.80. The second-order valence-corrected chi connectivity index (χ2v) is 5.30. The molecule has 4 heteroatoms. The zero-order valence-electron chi connectivity index (χ0n) is 11.7. The molecule has 1 amide bonds. The normalized spacial score (nSPS) is 19.5. The van der Waals surface area contributed by atoms with Crippen LogP contribution in [0, 0.1) is 18.3 Å². The van der Waals surface area contributed by atoms with Crippen LogP contribution in [0.15, 0.2) is 49.1 Å². The van der Waals surface area contributed by atoms with Crippen LogP contribution in [0.1, 0.15) is 18.0 Å². The van der Waals surface area contributed by atoms with Gasteiger partial charge in [-0.1, -0.05) is 30.3 Å². The average molecular weight is 279 g/mol. The van der Waals surface area contributed by atoms with Crippen molar-refractivity contribution in [3.8, 4) is 12.3 Å². The fourth-order valence-corrected chi connectivity index (χ4v) is 2.80. The number of carbonyl (C=O) groups is 1. The van der Waals surface area contributed by atoms with Crippen molar-refractivity contribution in [3.05, 3.63) is 54.6 Å². The number of aromatic nitrogens is 2. The first-order valence-electron chi connectivity index (χ1n) is 7.04. The first-order valence-corrected chi connectivity index (χ1v) is 7.04. The maximum absolute atomic E-state index is 12.3. The summed E-state index contributed by atoms with van der Waals surface area (Å²) in [5.74, 6) is 2.86. The predicted octanol–water partition coefficient (Wildman–Crippen LogP) is 2.11. The van der Waals surface area contributed by atoms with Gasteiger partial charge in [0.25, 0.3) is 0 Å². The van der Waals surface area contributed by atoms with Crippen LogP contribution in [0.3, 0.4) is 0 Å². The smallest absolute Gasteiger partial charge is 0.224 e. The second-order valence-electron chi connectivity index (χ2n) is 5.30. The standard InChI is InChI=1S/C17H17N3O/c1-2-14-10-17(21)20(11-14)16(12-19-9-8-18-13-19)15-6-4-3-5-7-15/h1,3-9,13-14,16H,10-12H2. The molecule has 2 heterocycles. The molecule has 0 spiro atoms. The summed E-state index contributed by atoms with van der Waals surface area (Å²) in [7, 11) is 0. The highest BCUT2D eigenvalue weighted by atomic mass is 16.2. The number of carbonyl (C=O) groups excluding carboxylic acids is 1. The van der Waals surface area contributed by atoms with E-state index in [1.54, 1.807) is 12.5 Å². The van der Waals surface area contributed by atoms with E-state index in [-0.39, 0.29) is 17.9 Å². The number of hydrogen-bond donors (Lipinski definition) is 0. The molecular formula is C17H17N3O. The van der Waals surface area contributed by atoms with Gasteiger partial charge < -0.3 is 9.47 Å².